The number of carboxylic acids is 1. The summed E-state index contributed by atoms with van der Waals surface area (Å²) >= 11 is 0. The van der Waals surface area contributed by atoms with Crippen molar-refractivity contribution in [3.8, 4) is 0 Å². The minimum atomic E-state index is -4.01. The van der Waals surface area contributed by atoms with Gasteiger partial charge in [0.05, 0.1) is 0 Å². The highest BCUT2D eigenvalue weighted by molar-refractivity contribution is 7.92. The highest BCUT2D eigenvalue weighted by Crippen LogP contribution is 2.22. The topological polar surface area (TPSA) is 105 Å². The van der Waals surface area contributed by atoms with Crippen molar-refractivity contribution in [3.63, 3.8) is 0 Å². The third-order valence-corrected chi connectivity index (χ3v) is 5.22. The minimum Gasteiger partial charge on any atom is -0.475 e. The van der Waals surface area contributed by atoms with Crippen molar-refractivity contribution in [2.75, 3.05) is 13.1 Å². The smallest absolute Gasteiger partial charge is 0.371 e. The number of furan rings is 1. The van der Waals surface area contributed by atoms with Gasteiger partial charge >= 0.3 is 5.97 Å². The molecule has 7 nitrogen and oxygen atoms in total. The monoisotopic (exact) mass is 301 g/mol. The van der Waals surface area contributed by atoms with Crippen LogP contribution in [0.2, 0.25) is 0 Å². The molecule has 0 saturated carbocycles. The maximum atomic E-state index is 12.2. The van der Waals surface area contributed by atoms with Crippen LogP contribution >= 0.6 is 0 Å². The largest absolute Gasteiger partial charge is 0.475 e. The van der Waals surface area contributed by atoms with E-state index in [4.69, 9.17) is 9.52 Å². The standard InChI is InChI=1S/C12H15NO6S/c1-8(11(14)13-6-2-3-7-13)20(17,18)10-5-4-9(19-10)12(15)16/h4-5,8H,2-3,6-7H2,1H3,(H,15,16). The summed E-state index contributed by atoms with van der Waals surface area (Å²) in [5.74, 6) is -2.30. The number of hydrogen-bond donors (Lipinski definition) is 1. The first-order valence-electron chi connectivity index (χ1n) is 6.20. The van der Waals surface area contributed by atoms with E-state index in [1.165, 1.54) is 11.8 Å². The Hall–Kier alpha value is -1.83. The lowest BCUT2D eigenvalue weighted by atomic mass is 10.4. The van der Waals surface area contributed by atoms with Crippen LogP contribution in [0.5, 0.6) is 0 Å². The molecule has 110 valence electrons. The molecule has 8 heteroatoms. The number of rotatable bonds is 4. The molecule has 2 rings (SSSR count). The third-order valence-electron chi connectivity index (χ3n) is 3.30. The zero-order valence-corrected chi connectivity index (χ0v) is 11.7. The van der Waals surface area contributed by atoms with Gasteiger partial charge in [-0.05, 0) is 31.9 Å². The maximum absolute atomic E-state index is 12.2. The number of carbonyl (C=O) groups excluding carboxylic acids is 1. The van der Waals surface area contributed by atoms with E-state index in [1.807, 2.05) is 0 Å². The van der Waals surface area contributed by atoms with E-state index in [2.05, 4.69) is 0 Å². The molecule has 0 aliphatic carbocycles. The summed E-state index contributed by atoms with van der Waals surface area (Å²) in [6.07, 6.45) is 1.73. The highest BCUT2D eigenvalue weighted by atomic mass is 32.2. The van der Waals surface area contributed by atoms with Gasteiger partial charge in [-0.2, -0.15) is 0 Å². The van der Waals surface area contributed by atoms with Crippen molar-refractivity contribution >= 4 is 21.7 Å². The molecule has 1 fully saturated rings. The fourth-order valence-electron chi connectivity index (χ4n) is 2.09. The normalized spacial score (nSPS) is 17.1. The van der Waals surface area contributed by atoms with Crippen LogP contribution in [0, 0.1) is 0 Å². The van der Waals surface area contributed by atoms with Crippen LogP contribution in [0.15, 0.2) is 21.6 Å². The summed E-state index contributed by atoms with van der Waals surface area (Å²) in [5.41, 5.74) is 0. The molecule has 0 bridgehead atoms. The summed E-state index contributed by atoms with van der Waals surface area (Å²) in [6.45, 7) is 2.40. The second kappa shape index (κ2) is 5.28. The van der Waals surface area contributed by atoms with E-state index in [-0.39, 0.29) is 0 Å². The molecule has 0 aromatic carbocycles. The van der Waals surface area contributed by atoms with Gasteiger partial charge in [-0.3, -0.25) is 4.79 Å². The molecule has 1 aromatic heterocycles. The van der Waals surface area contributed by atoms with Gasteiger partial charge in [0.1, 0.15) is 5.25 Å². The van der Waals surface area contributed by atoms with Crippen LogP contribution in [0.4, 0.5) is 0 Å². The Bertz CT molecular complexity index is 626. The molecular weight excluding hydrogens is 286 g/mol. The Morgan fingerprint density at radius 3 is 2.40 bits per heavy atom. The van der Waals surface area contributed by atoms with E-state index in [0.717, 1.165) is 25.0 Å². The lowest BCUT2D eigenvalue weighted by molar-refractivity contribution is -0.129. The lowest BCUT2D eigenvalue weighted by Gasteiger charge is -2.19. The maximum Gasteiger partial charge on any atom is 0.371 e. The van der Waals surface area contributed by atoms with Gasteiger partial charge in [-0.1, -0.05) is 0 Å². The summed E-state index contributed by atoms with van der Waals surface area (Å²) in [5, 5.41) is 6.95. The van der Waals surface area contributed by atoms with Crippen LogP contribution in [0.1, 0.15) is 30.3 Å². The van der Waals surface area contributed by atoms with Crippen molar-refractivity contribution in [2.45, 2.75) is 30.1 Å². The number of sulfone groups is 1. The fraction of sp³-hybridized carbons (Fsp3) is 0.500. The molecule has 20 heavy (non-hydrogen) atoms. The van der Waals surface area contributed by atoms with Gasteiger partial charge in [-0.25, -0.2) is 13.2 Å². The predicted molar refractivity (Wildman–Crippen MR) is 68.1 cm³/mol. The Labute approximate surface area is 116 Å². The van der Waals surface area contributed by atoms with Gasteiger partial charge in [0.15, 0.2) is 0 Å². The Morgan fingerprint density at radius 2 is 1.90 bits per heavy atom. The number of carbonyl (C=O) groups is 2. The molecule has 1 unspecified atom stereocenters. The molecule has 1 amide bonds. The second-order valence-corrected chi connectivity index (χ2v) is 6.84. The molecule has 1 N–H and O–H groups in total. The number of aromatic carboxylic acids is 1. The van der Waals surface area contributed by atoms with Gasteiger partial charge in [0.2, 0.25) is 26.6 Å². The van der Waals surface area contributed by atoms with E-state index in [0.29, 0.717) is 13.1 Å². The van der Waals surface area contributed by atoms with Gasteiger partial charge in [0.25, 0.3) is 0 Å². The molecular formula is C12H15NO6S. The van der Waals surface area contributed by atoms with Gasteiger partial charge in [0, 0.05) is 13.1 Å². The number of likely N-dealkylation sites (tertiary alicyclic amines) is 1. The Balaban J connectivity index is 2.24. The van der Waals surface area contributed by atoms with E-state index in [1.54, 1.807) is 0 Å². The van der Waals surface area contributed by atoms with Crippen LogP contribution in [-0.2, 0) is 14.6 Å². The first-order valence-corrected chi connectivity index (χ1v) is 7.74. The average molecular weight is 301 g/mol. The van der Waals surface area contributed by atoms with Gasteiger partial charge in [-0.15, -0.1) is 0 Å². The fourth-order valence-corrected chi connectivity index (χ4v) is 3.32. The second-order valence-electron chi connectivity index (χ2n) is 4.64. The highest BCUT2D eigenvalue weighted by Gasteiger charge is 2.36. The van der Waals surface area contributed by atoms with Crippen molar-refractivity contribution < 1.29 is 27.5 Å². The zero-order chi connectivity index (χ0) is 14.9. The average Bonchev–Trinajstić information content (AvgIpc) is 3.07. The molecule has 1 aromatic rings. The first-order chi connectivity index (χ1) is 9.34. The van der Waals surface area contributed by atoms with E-state index < -0.39 is 37.8 Å². The Kier molecular flexibility index (Phi) is 3.85. The SMILES string of the molecule is CC(C(=O)N1CCCC1)S(=O)(=O)c1ccc(C(=O)O)o1. The quantitative estimate of drug-likeness (QED) is 0.880. The molecule has 1 saturated heterocycles. The number of nitrogens with zero attached hydrogens (tertiary/aromatic N) is 1. The summed E-state index contributed by atoms with van der Waals surface area (Å²) < 4.78 is 29.2. The van der Waals surface area contributed by atoms with Crippen molar-refractivity contribution in [1.29, 1.82) is 0 Å². The van der Waals surface area contributed by atoms with Crippen LogP contribution in [0.3, 0.4) is 0 Å². The van der Waals surface area contributed by atoms with Crippen LogP contribution < -0.4 is 0 Å². The van der Waals surface area contributed by atoms with Crippen molar-refractivity contribution in [2.24, 2.45) is 0 Å². The summed E-state index contributed by atoms with van der Waals surface area (Å²) in [4.78, 5) is 24.3. The molecule has 2 heterocycles. The van der Waals surface area contributed by atoms with Crippen LogP contribution in [0.25, 0.3) is 0 Å². The Morgan fingerprint density at radius 1 is 1.30 bits per heavy atom. The van der Waals surface area contributed by atoms with Gasteiger partial charge < -0.3 is 14.4 Å². The summed E-state index contributed by atoms with van der Waals surface area (Å²) in [6, 6.07) is 2.12. The number of amides is 1. The van der Waals surface area contributed by atoms with Crippen molar-refractivity contribution in [1.82, 2.24) is 4.90 Å². The van der Waals surface area contributed by atoms with E-state index in [9.17, 15) is 18.0 Å². The molecule has 0 spiro atoms. The molecule has 1 aliphatic heterocycles. The third kappa shape index (κ3) is 2.55. The number of carboxylic acid groups (broad SMARTS) is 1. The lowest BCUT2D eigenvalue weighted by Crippen LogP contribution is -2.39. The zero-order valence-electron chi connectivity index (χ0n) is 10.9. The summed E-state index contributed by atoms with van der Waals surface area (Å²) in [7, 11) is -4.01. The molecule has 1 atom stereocenters. The molecule has 1 aliphatic rings. The van der Waals surface area contributed by atoms with E-state index >= 15 is 0 Å². The minimum absolute atomic E-state index is 0.468. The number of hydrogen-bond acceptors (Lipinski definition) is 5. The molecule has 0 radical (unpaired) electrons. The predicted octanol–water partition coefficient (Wildman–Crippen LogP) is 0.762. The van der Waals surface area contributed by atoms with Crippen LogP contribution in [-0.4, -0.2) is 48.6 Å². The first kappa shape index (κ1) is 14.6. The van der Waals surface area contributed by atoms with Crippen molar-refractivity contribution in [3.05, 3.63) is 17.9 Å².